The molecule has 8 heteroatoms. The van der Waals surface area contributed by atoms with Crippen LogP contribution < -0.4 is 4.90 Å². The van der Waals surface area contributed by atoms with Gasteiger partial charge in [0.2, 0.25) is 0 Å². The lowest BCUT2D eigenvalue weighted by Gasteiger charge is -2.30. The molecule has 0 spiro atoms. The van der Waals surface area contributed by atoms with Crippen LogP contribution in [-0.2, 0) is 21.2 Å². The van der Waals surface area contributed by atoms with E-state index in [-0.39, 0.29) is 5.92 Å². The predicted molar refractivity (Wildman–Crippen MR) is 114 cm³/mol. The smallest absolute Gasteiger partial charge is 0.324 e. The Balaban J connectivity index is 1.18. The first-order valence-corrected chi connectivity index (χ1v) is 12.7. The van der Waals surface area contributed by atoms with Crippen molar-refractivity contribution in [3.8, 4) is 0 Å². The Morgan fingerprint density at radius 2 is 1.90 bits per heavy atom. The van der Waals surface area contributed by atoms with E-state index in [2.05, 4.69) is 28.9 Å². The van der Waals surface area contributed by atoms with Crippen LogP contribution in [0.25, 0.3) is 0 Å². The van der Waals surface area contributed by atoms with Gasteiger partial charge in [0.15, 0.2) is 15.7 Å². The predicted octanol–water partition coefficient (Wildman–Crippen LogP) is 3.67. The molecule has 0 bridgehead atoms. The number of anilines is 1. The molecule has 2 fully saturated rings. The fourth-order valence-corrected chi connectivity index (χ4v) is 4.94. The maximum atomic E-state index is 11.5. The SMILES string of the molecule is CC(C)c1noc(N2CCC([C@H]3C[C@@H]3COCc3ccc(S(C)(=O)=O)cc3)CC2)n1. The van der Waals surface area contributed by atoms with E-state index in [0.29, 0.717) is 23.4 Å². The minimum Gasteiger partial charge on any atom is -0.376 e. The molecule has 2 aromatic rings. The summed E-state index contributed by atoms with van der Waals surface area (Å²) in [6.07, 6.45) is 4.79. The van der Waals surface area contributed by atoms with Crippen LogP contribution >= 0.6 is 0 Å². The number of hydrogen-bond acceptors (Lipinski definition) is 7. The van der Waals surface area contributed by atoms with Gasteiger partial charge in [-0.15, -0.1) is 0 Å². The third-order valence-electron chi connectivity index (χ3n) is 6.29. The molecule has 7 nitrogen and oxygen atoms in total. The summed E-state index contributed by atoms with van der Waals surface area (Å²) in [5.41, 5.74) is 1.01. The van der Waals surface area contributed by atoms with E-state index in [0.717, 1.165) is 55.8 Å². The lowest BCUT2D eigenvalue weighted by atomic mass is 9.91. The van der Waals surface area contributed by atoms with Crippen LogP contribution in [-0.4, -0.2) is 44.5 Å². The normalized spacial score (nSPS) is 22.6. The fraction of sp³-hybridized carbons (Fsp3) is 0.636. The van der Waals surface area contributed by atoms with Gasteiger partial charge >= 0.3 is 6.01 Å². The summed E-state index contributed by atoms with van der Waals surface area (Å²) in [6, 6.07) is 7.62. The van der Waals surface area contributed by atoms with Crippen LogP contribution in [0.5, 0.6) is 0 Å². The molecule has 30 heavy (non-hydrogen) atoms. The number of nitrogens with zero attached hydrogens (tertiary/aromatic N) is 3. The molecule has 0 N–H and O–H groups in total. The zero-order valence-corrected chi connectivity index (χ0v) is 18.8. The number of aromatic nitrogens is 2. The summed E-state index contributed by atoms with van der Waals surface area (Å²) in [4.78, 5) is 7.08. The maximum Gasteiger partial charge on any atom is 0.324 e. The molecule has 0 radical (unpaired) electrons. The second-order valence-electron chi connectivity index (χ2n) is 9.01. The minimum absolute atomic E-state index is 0.282. The van der Waals surface area contributed by atoms with Gasteiger partial charge in [-0.1, -0.05) is 31.1 Å². The Kier molecular flexibility index (Phi) is 6.16. The third-order valence-corrected chi connectivity index (χ3v) is 7.42. The molecule has 1 aliphatic carbocycles. The highest BCUT2D eigenvalue weighted by Gasteiger charge is 2.43. The number of hydrogen-bond donors (Lipinski definition) is 0. The summed E-state index contributed by atoms with van der Waals surface area (Å²) >= 11 is 0. The number of piperidine rings is 1. The Hall–Kier alpha value is -1.93. The highest BCUT2D eigenvalue weighted by Crippen LogP contribution is 2.48. The quantitative estimate of drug-likeness (QED) is 0.628. The van der Waals surface area contributed by atoms with Gasteiger partial charge in [0.25, 0.3) is 0 Å². The molecular formula is C22H31N3O4S. The third kappa shape index (κ3) is 5.03. The molecule has 1 saturated heterocycles. The Bertz CT molecular complexity index is 947. The van der Waals surface area contributed by atoms with Crippen LogP contribution in [0.3, 0.4) is 0 Å². The van der Waals surface area contributed by atoms with Crippen molar-refractivity contribution in [1.29, 1.82) is 0 Å². The molecule has 2 atom stereocenters. The van der Waals surface area contributed by atoms with Crippen LogP contribution in [0.15, 0.2) is 33.7 Å². The number of ether oxygens (including phenoxy) is 1. The standard InChI is InChI=1S/C22H31N3O4S/c1-15(2)21-23-22(29-24-21)25-10-8-17(9-11-25)20-12-18(20)14-28-13-16-4-6-19(7-5-16)30(3,26)27/h4-7,15,17-18,20H,8-14H2,1-3H3/t18-,20-/m1/s1. The summed E-state index contributed by atoms with van der Waals surface area (Å²) in [6.45, 7) is 7.39. The van der Waals surface area contributed by atoms with Gasteiger partial charge in [-0.05, 0) is 54.7 Å². The summed E-state index contributed by atoms with van der Waals surface area (Å²) < 4.78 is 34.4. The number of benzene rings is 1. The number of rotatable bonds is 8. The fourth-order valence-electron chi connectivity index (χ4n) is 4.31. The molecule has 0 amide bonds. The van der Waals surface area contributed by atoms with Crippen molar-refractivity contribution in [2.24, 2.45) is 17.8 Å². The van der Waals surface area contributed by atoms with E-state index >= 15 is 0 Å². The first-order valence-electron chi connectivity index (χ1n) is 10.8. The molecule has 1 saturated carbocycles. The second kappa shape index (κ2) is 8.67. The van der Waals surface area contributed by atoms with Gasteiger partial charge in [0, 0.05) is 25.3 Å². The Morgan fingerprint density at radius 1 is 1.20 bits per heavy atom. The average molecular weight is 434 g/mol. The van der Waals surface area contributed by atoms with Crippen molar-refractivity contribution < 1.29 is 17.7 Å². The lowest BCUT2D eigenvalue weighted by molar-refractivity contribution is 0.104. The highest BCUT2D eigenvalue weighted by atomic mass is 32.2. The molecular weight excluding hydrogens is 402 g/mol. The molecule has 164 valence electrons. The zero-order valence-electron chi connectivity index (χ0n) is 18.0. The largest absolute Gasteiger partial charge is 0.376 e. The molecule has 1 aromatic heterocycles. The molecule has 0 unspecified atom stereocenters. The van der Waals surface area contributed by atoms with Crippen molar-refractivity contribution >= 4 is 15.9 Å². The van der Waals surface area contributed by atoms with E-state index in [1.165, 1.54) is 12.7 Å². The van der Waals surface area contributed by atoms with E-state index in [9.17, 15) is 8.42 Å². The molecule has 4 rings (SSSR count). The van der Waals surface area contributed by atoms with Crippen LogP contribution in [0, 0.1) is 17.8 Å². The minimum atomic E-state index is -3.15. The first-order chi connectivity index (χ1) is 14.3. The zero-order chi connectivity index (χ0) is 21.3. The van der Waals surface area contributed by atoms with Gasteiger partial charge in [-0.25, -0.2) is 8.42 Å². The average Bonchev–Trinajstić information content (AvgIpc) is 3.30. The molecule has 2 heterocycles. The monoisotopic (exact) mass is 433 g/mol. The Morgan fingerprint density at radius 3 is 2.50 bits per heavy atom. The highest BCUT2D eigenvalue weighted by molar-refractivity contribution is 7.90. The topological polar surface area (TPSA) is 85.5 Å². The van der Waals surface area contributed by atoms with Crippen molar-refractivity contribution in [1.82, 2.24) is 10.1 Å². The summed E-state index contributed by atoms with van der Waals surface area (Å²) in [7, 11) is -3.15. The van der Waals surface area contributed by atoms with Gasteiger partial charge in [0.05, 0.1) is 18.1 Å². The van der Waals surface area contributed by atoms with E-state index in [4.69, 9.17) is 9.26 Å². The van der Waals surface area contributed by atoms with Gasteiger partial charge in [0.1, 0.15) is 0 Å². The van der Waals surface area contributed by atoms with Gasteiger partial charge in [-0.2, -0.15) is 4.98 Å². The number of sulfone groups is 1. The first kappa shape index (κ1) is 21.3. The summed E-state index contributed by atoms with van der Waals surface area (Å²) in [5.74, 6) is 3.21. The van der Waals surface area contributed by atoms with Gasteiger partial charge < -0.3 is 14.2 Å². The lowest BCUT2D eigenvalue weighted by Crippen LogP contribution is -2.34. The molecule has 2 aliphatic rings. The van der Waals surface area contributed by atoms with Crippen molar-refractivity contribution in [3.05, 3.63) is 35.7 Å². The summed E-state index contributed by atoms with van der Waals surface area (Å²) in [5, 5.41) is 4.07. The maximum absolute atomic E-state index is 11.5. The van der Waals surface area contributed by atoms with Gasteiger partial charge in [-0.3, -0.25) is 0 Å². The van der Waals surface area contributed by atoms with Crippen molar-refractivity contribution in [2.45, 2.75) is 50.5 Å². The van der Waals surface area contributed by atoms with Crippen molar-refractivity contribution in [2.75, 3.05) is 30.9 Å². The van der Waals surface area contributed by atoms with Crippen molar-refractivity contribution in [3.63, 3.8) is 0 Å². The van der Waals surface area contributed by atoms with E-state index in [1.54, 1.807) is 12.1 Å². The molecule has 1 aliphatic heterocycles. The second-order valence-corrected chi connectivity index (χ2v) is 11.0. The van der Waals surface area contributed by atoms with Crippen LogP contribution in [0.4, 0.5) is 6.01 Å². The Labute approximate surface area is 178 Å². The molecule has 1 aromatic carbocycles. The van der Waals surface area contributed by atoms with E-state index in [1.807, 2.05) is 12.1 Å². The van der Waals surface area contributed by atoms with Crippen LogP contribution in [0.2, 0.25) is 0 Å². The van der Waals surface area contributed by atoms with E-state index < -0.39 is 9.84 Å². The van der Waals surface area contributed by atoms with Crippen LogP contribution in [0.1, 0.15) is 50.4 Å².